The lowest BCUT2D eigenvalue weighted by atomic mass is 9.77. The van der Waals surface area contributed by atoms with E-state index in [0.717, 1.165) is 18.4 Å². The molecule has 1 aliphatic carbocycles. The van der Waals surface area contributed by atoms with Crippen LogP contribution in [0.2, 0.25) is 0 Å². The molecule has 2 amide bonds. The Bertz CT molecular complexity index is 895. The number of benzene rings is 1. The van der Waals surface area contributed by atoms with E-state index in [0.29, 0.717) is 30.9 Å². The number of nitrogens with one attached hydrogen (secondary N) is 1. The number of hydrogen-bond acceptors (Lipinski definition) is 6. The van der Waals surface area contributed by atoms with Crippen LogP contribution in [0.3, 0.4) is 0 Å². The van der Waals surface area contributed by atoms with Gasteiger partial charge >= 0.3 is 0 Å². The number of hydrogen-bond donors (Lipinski definition) is 3. The molecule has 2 aliphatic heterocycles. The summed E-state index contributed by atoms with van der Waals surface area (Å²) in [6, 6.07) is 6.74. The number of carbonyl (C=O) groups excluding carboxylic acids is 2. The average Bonchev–Trinajstić information content (AvgIpc) is 3.44. The molecule has 0 bridgehead atoms. The van der Waals surface area contributed by atoms with E-state index in [9.17, 15) is 19.8 Å². The average molecular weight is 459 g/mol. The first-order valence-electron chi connectivity index (χ1n) is 11.9. The highest BCUT2D eigenvalue weighted by Crippen LogP contribution is 2.47. The van der Waals surface area contributed by atoms with Gasteiger partial charge in [-0.1, -0.05) is 32.0 Å². The van der Waals surface area contributed by atoms with Crippen LogP contribution in [-0.2, 0) is 14.3 Å². The number of amides is 2. The smallest absolute Gasteiger partial charge is 0.247 e. The highest BCUT2D eigenvalue weighted by molar-refractivity contribution is 5.96. The van der Waals surface area contributed by atoms with E-state index >= 15 is 0 Å². The second-order valence-corrected chi connectivity index (χ2v) is 9.46. The van der Waals surface area contributed by atoms with Crippen molar-refractivity contribution in [3.05, 3.63) is 41.5 Å². The van der Waals surface area contributed by atoms with Crippen molar-refractivity contribution in [3.63, 3.8) is 0 Å². The number of rotatable bonds is 8. The van der Waals surface area contributed by atoms with Gasteiger partial charge in [-0.25, -0.2) is 0 Å². The largest absolute Gasteiger partial charge is 0.486 e. The molecule has 0 spiro atoms. The molecule has 1 aromatic rings. The third kappa shape index (κ3) is 4.93. The summed E-state index contributed by atoms with van der Waals surface area (Å²) in [6.07, 6.45) is 2.07. The summed E-state index contributed by atoms with van der Waals surface area (Å²) in [5, 5.41) is 23.4. The molecule has 5 atom stereocenters. The van der Waals surface area contributed by atoms with Crippen LogP contribution < -0.4 is 10.1 Å². The molecule has 4 rings (SSSR count). The summed E-state index contributed by atoms with van der Waals surface area (Å²) in [5.74, 6) is -0.0704. The van der Waals surface area contributed by atoms with Gasteiger partial charge in [-0.3, -0.25) is 9.59 Å². The molecule has 2 heterocycles. The van der Waals surface area contributed by atoms with Gasteiger partial charge in [0, 0.05) is 37.3 Å². The van der Waals surface area contributed by atoms with Crippen LogP contribution in [0.25, 0.3) is 0 Å². The molecule has 3 N–H and O–H groups in total. The second-order valence-electron chi connectivity index (χ2n) is 9.46. The molecule has 33 heavy (non-hydrogen) atoms. The van der Waals surface area contributed by atoms with Gasteiger partial charge in [0.25, 0.3) is 0 Å². The standard InChI is InChI=1S/C25H34N2O6/c1-15(2)12-21(29)27(14-16-6-5-11-32-16)19-13-18(25(31)26-9-10-28)22-17-7-3-4-8-20(17)33-24(22)23(19)30/h3-4,7-8,13,15-16,19,22-24,28,30H,5-6,9-12,14H2,1-2H3,(H,26,31). The van der Waals surface area contributed by atoms with Crippen LogP contribution in [0.1, 0.15) is 44.6 Å². The van der Waals surface area contributed by atoms with Gasteiger partial charge in [0.05, 0.1) is 24.7 Å². The quantitative estimate of drug-likeness (QED) is 0.543. The van der Waals surface area contributed by atoms with E-state index in [2.05, 4.69) is 5.32 Å². The van der Waals surface area contributed by atoms with Crippen LogP contribution in [-0.4, -0.2) is 77.6 Å². The van der Waals surface area contributed by atoms with Gasteiger partial charge in [-0.2, -0.15) is 0 Å². The van der Waals surface area contributed by atoms with E-state index in [1.807, 2.05) is 38.1 Å². The number of carbonyl (C=O) groups is 2. The lowest BCUT2D eigenvalue weighted by Gasteiger charge is -2.41. The predicted octanol–water partition coefficient (Wildman–Crippen LogP) is 1.36. The molecule has 0 saturated carbocycles. The summed E-state index contributed by atoms with van der Waals surface area (Å²) in [6.45, 7) is 4.93. The van der Waals surface area contributed by atoms with Crippen molar-refractivity contribution in [3.8, 4) is 5.75 Å². The van der Waals surface area contributed by atoms with Gasteiger partial charge in [-0.15, -0.1) is 0 Å². The molecule has 8 nitrogen and oxygen atoms in total. The fraction of sp³-hybridized carbons (Fsp3) is 0.600. The Morgan fingerprint density at radius 3 is 2.76 bits per heavy atom. The first-order chi connectivity index (χ1) is 15.9. The van der Waals surface area contributed by atoms with Crippen molar-refractivity contribution < 1.29 is 29.3 Å². The number of aliphatic hydroxyl groups is 2. The minimum absolute atomic E-state index is 0.0788. The molecule has 0 aromatic heterocycles. The minimum Gasteiger partial charge on any atom is -0.486 e. The van der Waals surface area contributed by atoms with Crippen molar-refractivity contribution >= 4 is 11.8 Å². The van der Waals surface area contributed by atoms with Crippen molar-refractivity contribution in [2.24, 2.45) is 5.92 Å². The molecular formula is C25H34N2O6. The maximum absolute atomic E-state index is 13.3. The predicted molar refractivity (Wildman–Crippen MR) is 122 cm³/mol. The van der Waals surface area contributed by atoms with Crippen LogP contribution >= 0.6 is 0 Å². The Morgan fingerprint density at radius 1 is 1.27 bits per heavy atom. The Hall–Kier alpha value is -2.42. The summed E-state index contributed by atoms with van der Waals surface area (Å²) < 4.78 is 11.9. The van der Waals surface area contributed by atoms with Crippen molar-refractivity contribution in [1.29, 1.82) is 0 Å². The molecule has 5 unspecified atom stereocenters. The zero-order chi connectivity index (χ0) is 23.5. The lowest BCUT2D eigenvalue weighted by molar-refractivity contribution is -0.140. The molecule has 3 aliphatic rings. The summed E-state index contributed by atoms with van der Waals surface area (Å²) in [5.41, 5.74) is 1.29. The van der Waals surface area contributed by atoms with E-state index in [-0.39, 0.29) is 37.0 Å². The fourth-order valence-electron chi connectivity index (χ4n) is 5.06. The number of para-hydroxylation sites is 1. The molecule has 8 heteroatoms. The topological polar surface area (TPSA) is 108 Å². The van der Waals surface area contributed by atoms with Crippen molar-refractivity contribution in [2.75, 3.05) is 26.3 Å². The highest BCUT2D eigenvalue weighted by atomic mass is 16.5. The van der Waals surface area contributed by atoms with Gasteiger partial charge in [-0.05, 0) is 30.9 Å². The van der Waals surface area contributed by atoms with Crippen LogP contribution in [0, 0.1) is 5.92 Å². The number of aliphatic hydroxyl groups excluding tert-OH is 2. The summed E-state index contributed by atoms with van der Waals surface area (Å²) >= 11 is 0. The summed E-state index contributed by atoms with van der Waals surface area (Å²) in [7, 11) is 0. The zero-order valence-corrected chi connectivity index (χ0v) is 19.3. The molecule has 1 aromatic carbocycles. The molecule has 1 fully saturated rings. The molecule has 180 valence electrons. The maximum Gasteiger partial charge on any atom is 0.247 e. The maximum atomic E-state index is 13.3. The minimum atomic E-state index is -1.01. The van der Waals surface area contributed by atoms with Crippen LogP contribution in [0.4, 0.5) is 0 Å². The zero-order valence-electron chi connectivity index (χ0n) is 19.3. The molecule has 1 saturated heterocycles. The number of nitrogens with zero attached hydrogens (tertiary/aromatic N) is 1. The van der Waals surface area contributed by atoms with Gasteiger partial charge < -0.3 is 29.9 Å². The Morgan fingerprint density at radius 2 is 2.06 bits per heavy atom. The van der Waals surface area contributed by atoms with Crippen LogP contribution in [0.5, 0.6) is 5.75 Å². The Kier molecular flexibility index (Phi) is 7.36. The van der Waals surface area contributed by atoms with Crippen molar-refractivity contribution in [2.45, 2.75) is 63.4 Å². The van der Waals surface area contributed by atoms with E-state index in [4.69, 9.17) is 9.47 Å². The van der Waals surface area contributed by atoms with E-state index in [1.54, 1.807) is 11.0 Å². The van der Waals surface area contributed by atoms with Gasteiger partial charge in [0.1, 0.15) is 18.0 Å². The molecule has 0 radical (unpaired) electrons. The SMILES string of the molecule is CC(C)CC(=O)N(CC1CCCO1)C1C=C(C(=O)NCCO)C2c3ccccc3OC2C1O. The third-order valence-electron chi connectivity index (χ3n) is 6.56. The third-order valence-corrected chi connectivity index (χ3v) is 6.56. The first-order valence-corrected chi connectivity index (χ1v) is 11.9. The Labute approximate surface area is 194 Å². The van der Waals surface area contributed by atoms with Crippen molar-refractivity contribution in [1.82, 2.24) is 10.2 Å². The molecular weight excluding hydrogens is 424 g/mol. The fourth-order valence-corrected chi connectivity index (χ4v) is 5.06. The monoisotopic (exact) mass is 458 g/mol. The normalized spacial score (nSPS) is 28.0. The summed E-state index contributed by atoms with van der Waals surface area (Å²) in [4.78, 5) is 28.1. The highest BCUT2D eigenvalue weighted by Gasteiger charge is 2.50. The second kappa shape index (κ2) is 10.2. The Balaban J connectivity index is 1.71. The lowest BCUT2D eigenvalue weighted by Crippen LogP contribution is -2.57. The van der Waals surface area contributed by atoms with Gasteiger partial charge in [0.15, 0.2) is 0 Å². The van der Waals surface area contributed by atoms with E-state index < -0.39 is 24.2 Å². The number of ether oxygens (including phenoxy) is 2. The first kappa shape index (κ1) is 23.7. The van der Waals surface area contributed by atoms with Gasteiger partial charge in [0.2, 0.25) is 11.8 Å². The van der Waals surface area contributed by atoms with E-state index in [1.165, 1.54) is 0 Å². The van der Waals surface area contributed by atoms with Crippen LogP contribution in [0.15, 0.2) is 35.9 Å². The number of fused-ring (bicyclic) bond motifs is 3.